The van der Waals surface area contributed by atoms with Crippen LogP contribution in [0, 0.1) is 0 Å². The summed E-state index contributed by atoms with van der Waals surface area (Å²) in [6, 6.07) is 8.20. The van der Waals surface area contributed by atoms with Gasteiger partial charge in [0.25, 0.3) is 0 Å². The zero-order valence-electron chi connectivity index (χ0n) is 19.4. The monoisotopic (exact) mass is 431 g/mol. The topological polar surface area (TPSA) is 102 Å². The zero-order valence-corrected chi connectivity index (χ0v) is 19.4. The highest BCUT2D eigenvalue weighted by atomic mass is 16.7. The average Bonchev–Trinajstić information content (AvgIpc) is 2.80. The van der Waals surface area contributed by atoms with Crippen LogP contribution in [0.5, 0.6) is 6.01 Å². The van der Waals surface area contributed by atoms with Gasteiger partial charge in [-0.1, -0.05) is 13.8 Å². The summed E-state index contributed by atoms with van der Waals surface area (Å²) < 4.78 is 0. The maximum Gasteiger partial charge on any atom is 0.342 e. The van der Waals surface area contributed by atoms with Crippen LogP contribution in [-0.4, -0.2) is 77.9 Å². The van der Waals surface area contributed by atoms with Crippen molar-refractivity contribution in [2.45, 2.75) is 27.7 Å². The fourth-order valence-electron chi connectivity index (χ4n) is 2.86. The maximum absolute atomic E-state index is 5.83. The van der Waals surface area contributed by atoms with Crippen molar-refractivity contribution in [3.05, 3.63) is 24.3 Å². The normalized spacial score (nSPS) is 11.1. The standard InChI is InChI=1S/C21H37N9O/c1-6-29(7-2)15-14-23-19-26-20(28-21(27-19)31-30(8-3)9-4)25-18-12-10-17(11-13-18)24-16-22-5/h10-13,22,24H,6-9,14-16H2,1-5H3,(H2,23,25,26,27,28). The van der Waals surface area contributed by atoms with E-state index in [1.807, 2.05) is 45.2 Å². The van der Waals surface area contributed by atoms with Crippen LogP contribution in [0.1, 0.15) is 27.7 Å². The van der Waals surface area contributed by atoms with E-state index in [0.29, 0.717) is 18.6 Å². The molecule has 0 saturated heterocycles. The summed E-state index contributed by atoms with van der Waals surface area (Å²) >= 11 is 0. The van der Waals surface area contributed by atoms with Gasteiger partial charge in [0.1, 0.15) is 0 Å². The van der Waals surface area contributed by atoms with Crippen molar-refractivity contribution >= 4 is 23.3 Å². The molecule has 0 spiro atoms. The molecule has 0 bridgehead atoms. The Morgan fingerprint density at radius 3 is 2.06 bits per heavy atom. The molecule has 10 nitrogen and oxygen atoms in total. The van der Waals surface area contributed by atoms with Crippen LogP contribution in [0.4, 0.5) is 23.3 Å². The molecular weight excluding hydrogens is 394 g/mol. The lowest BCUT2D eigenvalue weighted by atomic mass is 10.3. The number of aromatic nitrogens is 3. The van der Waals surface area contributed by atoms with Crippen LogP contribution in [0.25, 0.3) is 0 Å². The Balaban J connectivity index is 2.13. The second-order valence-electron chi connectivity index (χ2n) is 6.83. The molecule has 0 unspecified atom stereocenters. The van der Waals surface area contributed by atoms with Gasteiger partial charge in [0, 0.05) is 37.6 Å². The minimum absolute atomic E-state index is 0.263. The Hall–Kier alpha value is -2.69. The summed E-state index contributed by atoms with van der Waals surface area (Å²) in [5.41, 5.74) is 1.91. The third-order valence-electron chi connectivity index (χ3n) is 4.75. The molecule has 10 heteroatoms. The number of hydrogen-bond acceptors (Lipinski definition) is 10. The van der Waals surface area contributed by atoms with E-state index in [1.54, 1.807) is 5.06 Å². The molecular formula is C21H37N9O. The van der Waals surface area contributed by atoms with Gasteiger partial charge in [-0.3, -0.25) is 0 Å². The van der Waals surface area contributed by atoms with E-state index >= 15 is 0 Å². The predicted octanol–water partition coefficient (Wildman–Crippen LogP) is 2.59. The molecule has 1 heterocycles. The lowest BCUT2D eigenvalue weighted by Gasteiger charge is -2.19. The molecule has 2 rings (SSSR count). The van der Waals surface area contributed by atoms with Crippen molar-refractivity contribution in [3.63, 3.8) is 0 Å². The van der Waals surface area contributed by atoms with Crippen LogP contribution in [0.3, 0.4) is 0 Å². The molecule has 0 amide bonds. The highest BCUT2D eigenvalue weighted by molar-refractivity contribution is 5.59. The van der Waals surface area contributed by atoms with E-state index in [2.05, 4.69) is 55.0 Å². The summed E-state index contributed by atoms with van der Waals surface area (Å²) in [7, 11) is 1.90. The van der Waals surface area contributed by atoms with Gasteiger partial charge in [-0.15, -0.1) is 5.06 Å². The molecule has 4 N–H and O–H groups in total. The predicted molar refractivity (Wildman–Crippen MR) is 127 cm³/mol. The first-order chi connectivity index (χ1) is 15.1. The average molecular weight is 432 g/mol. The van der Waals surface area contributed by atoms with Crippen molar-refractivity contribution < 1.29 is 4.84 Å². The third-order valence-corrected chi connectivity index (χ3v) is 4.75. The van der Waals surface area contributed by atoms with E-state index < -0.39 is 0 Å². The minimum atomic E-state index is 0.263. The first kappa shape index (κ1) is 24.6. The smallest absolute Gasteiger partial charge is 0.342 e. The van der Waals surface area contributed by atoms with Crippen molar-refractivity contribution in [1.29, 1.82) is 0 Å². The second kappa shape index (κ2) is 13.6. The third kappa shape index (κ3) is 8.52. The van der Waals surface area contributed by atoms with Gasteiger partial charge in [0.2, 0.25) is 11.9 Å². The van der Waals surface area contributed by atoms with Gasteiger partial charge >= 0.3 is 6.01 Å². The van der Waals surface area contributed by atoms with Gasteiger partial charge in [-0.2, -0.15) is 15.0 Å². The van der Waals surface area contributed by atoms with Crippen molar-refractivity contribution in [3.8, 4) is 6.01 Å². The number of hydrogen-bond donors (Lipinski definition) is 4. The van der Waals surface area contributed by atoms with E-state index in [-0.39, 0.29) is 6.01 Å². The summed E-state index contributed by atoms with van der Waals surface area (Å²) in [6.07, 6.45) is 0. The molecule has 0 atom stereocenters. The fraction of sp³-hybridized carbons (Fsp3) is 0.571. The number of nitrogens with one attached hydrogen (secondary N) is 4. The molecule has 172 valence electrons. The molecule has 0 aliphatic rings. The lowest BCUT2D eigenvalue weighted by molar-refractivity contribution is -0.0573. The van der Waals surface area contributed by atoms with Gasteiger partial charge < -0.3 is 31.0 Å². The minimum Gasteiger partial charge on any atom is -0.372 e. The summed E-state index contributed by atoms with van der Waals surface area (Å²) in [6.45, 7) is 14.2. The van der Waals surface area contributed by atoms with Crippen molar-refractivity contribution in [2.75, 3.05) is 68.9 Å². The molecule has 0 aliphatic heterocycles. The Kier molecular flexibility index (Phi) is 10.8. The largest absolute Gasteiger partial charge is 0.372 e. The van der Waals surface area contributed by atoms with Crippen molar-refractivity contribution in [1.82, 2.24) is 30.2 Å². The van der Waals surface area contributed by atoms with Crippen molar-refractivity contribution in [2.24, 2.45) is 0 Å². The highest BCUT2D eigenvalue weighted by Gasteiger charge is 2.11. The number of anilines is 4. The first-order valence-corrected chi connectivity index (χ1v) is 11.0. The molecule has 0 saturated carbocycles. The quantitative estimate of drug-likeness (QED) is 0.248. The number of hydroxylamine groups is 2. The summed E-state index contributed by atoms with van der Waals surface area (Å²) in [5, 5.41) is 14.6. The maximum atomic E-state index is 5.83. The van der Waals surface area contributed by atoms with E-state index in [4.69, 9.17) is 4.84 Å². The van der Waals surface area contributed by atoms with Crippen LogP contribution >= 0.6 is 0 Å². The van der Waals surface area contributed by atoms with E-state index in [1.165, 1.54) is 0 Å². The van der Waals surface area contributed by atoms with Gasteiger partial charge in [-0.05, 0) is 58.3 Å². The number of nitrogens with zero attached hydrogens (tertiary/aromatic N) is 5. The van der Waals surface area contributed by atoms with E-state index in [0.717, 1.165) is 50.6 Å². The molecule has 0 aliphatic carbocycles. The Morgan fingerprint density at radius 1 is 0.806 bits per heavy atom. The SMILES string of the molecule is CCN(CC)CCNc1nc(Nc2ccc(NCNC)cc2)nc(ON(CC)CC)n1. The Labute approximate surface area is 185 Å². The van der Waals surface area contributed by atoms with Crippen LogP contribution in [-0.2, 0) is 0 Å². The first-order valence-electron chi connectivity index (χ1n) is 11.0. The summed E-state index contributed by atoms with van der Waals surface area (Å²) in [4.78, 5) is 21.6. The van der Waals surface area contributed by atoms with Crippen LogP contribution in [0.2, 0.25) is 0 Å². The molecule has 0 radical (unpaired) electrons. The summed E-state index contributed by atoms with van der Waals surface area (Å²) in [5.74, 6) is 0.914. The number of likely N-dealkylation sites (N-methyl/N-ethyl adjacent to an activating group) is 1. The highest BCUT2D eigenvalue weighted by Crippen LogP contribution is 2.19. The lowest BCUT2D eigenvalue weighted by Crippen LogP contribution is -2.29. The molecule has 31 heavy (non-hydrogen) atoms. The number of rotatable bonds is 15. The zero-order chi connectivity index (χ0) is 22.5. The fourth-order valence-corrected chi connectivity index (χ4v) is 2.86. The van der Waals surface area contributed by atoms with Gasteiger partial charge in [0.15, 0.2) is 0 Å². The number of benzene rings is 1. The molecule has 1 aromatic carbocycles. The van der Waals surface area contributed by atoms with Gasteiger partial charge in [0.05, 0.1) is 6.67 Å². The molecule has 0 fully saturated rings. The van der Waals surface area contributed by atoms with Gasteiger partial charge in [-0.25, -0.2) is 0 Å². The Bertz CT molecular complexity index is 749. The second-order valence-corrected chi connectivity index (χ2v) is 6.83. The van der Waals surface area contributed by atoms with Crippen LogP contribution in [0.15, 0.2) is 24.3 Å². The molecule has 2 aromatic rings. The Morgan fingerprint density at radius 2 is 1.45 bits per heavy atom. The van der Waals surface area contributed by atoms with E-state index in [9.17, 15) is 0 Å². The van der Waals surface area contributed by atoms with Crippen LogP contribution < -0.4 is 26.1 Å². The molecule has 1 aromatic heterocycles.